The number of alkyl halides is 1. The van der Waals surface area contributed by atoms with Crippen LogP contribution < -0.4 is 10.4 Å². The molecule has 0 amide bonds. The summed E-state index contributed by atoms with van der Waals surface area (Å²) in [6.45, 7) is 0. The maximum absolute atomic E-state index is 11.3. The number of rotatable bonds is 3. The van der Waals surface area contributed by atoms with E-state index in [1.54, 1.807) is 18.4 Å². The molecule has 1 aromatic carbocycles. The molecule has 2 heterocycles. The number of nitrogens with one attached hydrogen (secondary N) is 2. The molecule has 3 aromatic rings. The fraction of sp³-hybridized carbons (Fsp3) is 0.154. The van der Waals surface area contributed by atoms with E-state index >= 15 is 0 Å². The zero-order chi connectivity index (χ0) is 13.4. The van der Waals surface area contributed by atoms with Gasteiger partial charge in [0.1, 0.15) is 5.75 Å². The summed E-state index contributed by atoms with van der Waals surface area (Å²) < 4.78 is 5.34. The molecule has 0 bridgehead atoms. The number of H-pyrrole nitrogens is 2. The third-order valence-corrected chi connectivity index (χ3v) is 5.19. The molecule has 19 heavy (non-hydrogen) atoms. The number of aromatic nitrogens is 2. The van der Waals surface area contributed by atoms with Gasteiger partial charge in [-0.1, -0.05) is 22.0 Å². The van der Waals surface area contributed by atoms with E-state index < -0.39 is 0 Å². The third-order valence-electron chi connectivity index (χ3n) is 2.94. The van der Waals surface area contributed by atoms with Gasteiger partial charge in [0.2, 0.25) is 0 Å². The molecule has 6 heteroatoms. The molecular weight excluding hydrogens is 328 g/mol. The maximum Gasteiger partial charge on any atom is 0.323 e. The van der Waals surface area contributed by atoms with Gasteiger partial charge in [0.05, 0.1) is 27.8 Å². The molecule has 0 fully saturated rings. The average molecular weight is 339 g/mol. The first kappa shape index (κ1) is 12.5. The molecule has 1 unspecified atom stereocenters. The molecule has 0 aliphatic heterocycles. The van der Waals surface area contributed by atoms with Crippen LogP contribution >= 0.6 is 27.3 Å². The number of hydrogen-bond acceptors (Lipinski definition) is 3. The van der Waals surface area contributed by atoms with Crippen molar-refractivity contribution in [3.05, 3.63) is 50.6 Å². The van der Waals surface area contributed by atoms with Gasteiger partial charge in [-0.25, -0.2) is 4.79 Å². The second-order valence-electron chi connectivity index (χ2n) is 4.10. The minimum absolute atomic E-state index is 0.0465. The van der Waals surface area contributed by atoms with E-state index in [0.29, 0.717) is 0 Å². The van der Waals surface area contributed by atoms with Crippen LogP contribution in [0.5, 0.6) is 5.75 Å². The van der Waals surface area contributed by atoms with E-state index in [2.05, 4.69) is 25.9 Å². The van der Waals surface area contributed by atoms with Crippen LogP contribution in [0.4, 0.5) is 0 Å². The molecule has 3 rings (SSSR count). The lowest BCUT2D eigenvalue weighted by atomic mass is 10.1. The SMILES string of the molecule is COc1ccsc1C(Br)c1ccc2[nH]c(=O)[nH]c2c1. The summed E-state index contributed by atoms with van der Waals surface area (Å²) >= 11 is 5.32. The molecule has 0 aliphatic carbocycles. The fourth-order valence-electron chi connectivity index (χ4n) is 2.02. The smallest absolute Gasteiger partial charge is 0.323 e. The summed E-state index contributed by atoms with van der Waals surface area (Å²) in [5, 5.41) is 2.00. The second-order valence-corrected chi connectivity index (χ2v) is 5.96. The maximum atomic E-state index is 11.3. The Balaban J connectivity index is 2.05. The Morgan fingerprint density at radius 1 is 1.26 bits per heavy atom. The van der Waals surface area contributed by atoms with Crippen LogP contribution in [-0.4, -0.2) is 17.1 Å². The molecule has 1 atom stereocenters. The van der Waals surface area contributed by atoms with Crippen LogP contribution in [0.2, 0.25) is 0 Å². The summed E-state index contributed by atoms with van der Waals surface area (Å²) in [7, 11) is 1.66. The molecule has 0 radical (unpaired) electrons. The van der Waals surface area contributed by atoms with Crippen molar-refractivity contribution in [3.8, 4) is 5.75 Å². The van der Waals surface area contributed by atoms with Gasteiger partial charge < -0.3 is 14.7 Å². The Hall–Kier alpha value is -1.53. The average Bonchev–Trinajstić information content (AvgIpc) is 3.01. The van der Waals surface area contributed by atoms with Crippen LogP contribution in [0.1, 0.15) is 15.3 Å². The number of aromatic amines is 2. The van der Waals surface area contributed by atoms with E-state index in [-0.39, 0.29) is 10.5 Å². The number of ether oxygens (including phenoxy) is 1. The molecule has 2 aromatic heterocycles. The first-order chi connectivity index (χ1) is 9.19. The number of hydrogen-bond donors (Lipinski definition) is 2. The lowest BCUT2D eigenvalue weighted by Crippen LogP contribution is -1.99. The van der Waals surface area contributed by atoms with Gasteiger partial charge in [-0.2, -0.15) is 0 Å². The fourth-order valence-corrected chi connectivity index (χ4v) is 3.72. The second kappa shape index (κ2) is 4.86. The largest absolute Gasteiger partial charge is 0.496 e. The van der Waals surface area contributed by atoms with Crippen molar-refractivity contribution in [2.24, 2.45) is 0 Å². The van der Waals surface area contributed by atoms with Gasteiger partial charge >= 0.3 is 5.69 Å². The van der Waals surface area contributed by atoms with Crippen LogP contribution in [0.25, 0.3) is 11.0 Å². The Morgan fingerprint density at radius 3 is 2.84 bits per heavy atom. The molecule has 98 valence electrons. The van der Waals surface area contributed by atoms with Gasteiger partial charge in [-0.3, -0.25) is 0 Å². The van der Waals surface area contributed by atoms with Crippen molar-refractivity contribution >= 4 is 38.3 Å². The predicted octanol–water partition coefficient (Wildman–Crippen LogP) is 3.41. The molecule has 4 nitrogen and oxygen atoms in total. The highest BCUT2D eigenvalue weighted by Crippen LogP contribution is 2.40. The van der Waals surface area contributed by atoms with Crippen LogP contribution in [0.15, 0.2) is 34.4 Å². The van der Waals surface area contributed by atoms with Crippen molar-refractivity contribution in [2.45, 2.75) is 4.83 Å². The summed E-state index contributed by atoms with van der Waals surface area (Å²) in [6.07, 6.45) is 0. The Kier molecular flexibility index (Phi) is 3.20. The van der Waals surface area contributed by atoms with E-state index in [9.17, 15) is 4.79 Å². The molecule has 2 N–H and O–H groups in total. The van der Waals surface area contributed by atoms with Gasteiger partial charge in [-0.15, -0.1) is 11.3 Å². The Labute approximate surface area is 121 Å². The predicted molar refractivity (Wildman–Crippen MR) is 80.6 cm³/mol. The van der Waals surface area contributed by atoms with Crippen molar-refractivity contribution in [1.82, 2.24) is 9.97 Å². The monoisotopic (exact) mass is 338 g/mol. The lowest BCUT2D eigenvalue weighted by Gasteiger charge is -2.10. The Bertz CT molecular complexity index is 774. The van der Waals surface area contributed by atoms with Crippen LogP contribution in [-0.2, 0) is 0 Å². The normalized spacial score (nSPS) is 12.7. The number of fused-ring (bicyclic) bond motifs is 1. The Morgan fingerprint density at radius 2 is 2.05 bits per heavy atom. The minimum Gasteiger partial charge on any atom is -0.496 e. The number of halogens is 1. The minimum atomic E-state index is -0.188. The van der Waals surface area contributed by atoms with E-state index in [0.717, 1.165) is 27.2 Å². The lowest BCUT2D eigenvalue weighted by molar-refractivity contribution is 0.413. The van der Waals surface area contributed by atoms with Crippen molar-refractivity contribution in [2.75, 3.05) is 7.11 Å². The molecular formula is C13H11BrN2O2S. The van der Waals surface area contributed by atoms with Gasteiger partial charge in [0.15, 0.2) is 0 Å². The van der Waals surface area contributed by atoms with E-state index in [1.165, 1.54) is 0 Å². The topological polar surface area (TPSA) is 57.9 Å². The highest BCUT2D eigenvalue weighted by atomic mass is 79.9. The first-order valence-electron chi connectivity index (χ1n) is 5.66. The van der Waals surface area contributed by atoms with E-state index in [4.69, 9.17) is 4.74 Å². The van der Waals surface area contributed by atoms with Crippen molar-refractivity contribution in [3.63, 3.8) is 0 Å². The molecule has 0 aliphatic rings. The standard InChI is InChI=1S/C13H11BrN2O2S/c1-18-10-4-5-19-12(10)11(14)7-2-3-8-9(6-7)16-13(17)15-8/h2-6,11H,1H3,(H2,15,16,17). The molecule has 0 saturated heterocycles. The highest BCUT2D eigenvalue weighted by molar-refractivity contribution is 9.09. The highest BCUT2D eigenvalue weighted by Gasteiger charge is 2.17. The van der Waals surface area contributed by atoms with E-state index in [1.807, 2.05) is 29.6 Å². The number of thiophene rings is 1. The van der Waals surface area contributed by atoms with Gasteiger partial charge in [0, 0.05) is 0 Å². The third kappa shape index (κ3) is 2.21. The first-order valence-corrected chi connectivity index (χ1v) is 7.46. The van der Waals surface area contributed by atoms with Gasteiger partial charge in [-0.05, 0) is 29.1 Å². The summed E-state index contributed by atoms with van der Waals surface area (Å²) in [6, 6.07) is 7.80. The summed E-state index contributed by atoms with van der Waals surface area (Å²) in [5.74, 6) is 0.870. The summed E-state index contributed by atoms with van der Waals surface area (Å²) in [5.41, 5.74) is 2.50. The molecule has 0 saturated carbocycles. The van der Waals surface area contributed by atoms with Crippen LogP contribution in [0, 0.1) is 0 Å². The molecule has 0 spiro atoms. The number of imidazole rings is 1. The van der Waals surface area contributed by atoms with Crippen LogP contribution in [0.3, 0.4) is 0 Å². The van der Waals surface area contributed by atoms with Gasteiger partial charge in [0.25, 0.3) is 0 Å². The number of benzene rings is 1. The summed E-state index contributed by atoms with van der Waals surface area (Å²) in [4.78, 5) is 17.9. The van der Waals surface area contributed by atoms with Crippen molar-refractivity contribution in [1.29, 1.82) is 0 Å². The van der Waals surface area contributed by atoms with Crippen molar-refractivity contribution < 1.29 is 4.74 Å². The zero-order valence-electron chi connectivity index (χ0n) is 10.1. The quantitative estimate of drug-likeness (QED) is 0.719. The number of methoxy groups -OCH3 is 1. The zero-order valence-corrected chi connectivity index (χ0v) is 12.5.